The molecule has 0 aliphatic heterocycles. The maximum atomic E-state index is 11.0. The third-order valence-corrected chi connectivity index (χ3v) is 2.55. The molecule has 4 nitrogen and oxygen atoms in total. The number of carboxylic acid groups (broad SMARTS) is 1. The summed E-state index contributed by atoms with van der Waals surface area (Å²) in [4.78, 5) is 15.2. The van der Waals surface area contributed by atoms with Crippen LogP contribution in [0.25, 0.3) is 10.9 Å². The van der Waals surface area contributed by atoms with Crippen LogP contribution in [0.2, 0.25) is 0 Å². The highest BCUT2D eigenvalue weighted by atomic mass is 16.4. The Balaban J connectivity index is 2.49. The average Bonchev–Trinajstić information content (AvgIpc) is 2.29. The molecule has 4 heteroatoms. The van der Waals surface area contributed by atoms with E-state index in [9.17, 15) is 4.79 Å². The number of carboxylic acids is 1. The van der Waals surface area contributed by atoms with E-state index in [0.29, 0.717) is 5.56 Å². The van der Waals surface area contributed by atoms with Gasteiger partial charge in [0.25, 0.3) is 0 Å². The number of pyridine rings is 1. The minimum atomic E-state index is -0.917. The molecule has 0 saturated heterocycles. The Morgan fingerprint density at radius 3 is 2.88 bits per heavy atom. The van der Waals surface area contributed by atoms with Crippen molar-refractivity contribution in [1.82, 2.24) is 4.98 Å². The normalized spacial score (nSPS) is 12.6. The van der Waals surface area contributed by atoms with Gasteiger partial charge in [-0.25, -0.2) is 0 Å². The lowest BCUT2D eigenvalue weighted by molar-refractivity contribution is -0.138. The number of fused-ring (bicyclic) bond motifs is 1. The zero-order valence-electron chi connectivity index (χ0n) is 8.63. The lowest BCUT2D eigenvalue weighted by Gasteiger charge is -2.10. The van der Waals surface area contributed by atoms with Gasteiger partial charge in [0.2, 0.25) is 0 Å². The minimum absolute atomic E-state index is 0.0787. The van der Waals surface area contributed by atoms with Crippen molar-refractivity contribution in [2.24, 2.45) is 5.73 Å². The molecule has 2 aromatic rings. The lowest BCUT2D eigenvalue weighted by Crippen LogP contribution is -2.21. The molecule has 1 heterocycles. The molecule has 1 aromatic carbocycles. The van der Waals surface area contributed by atoms with Crippen molar-refractivity contribution in [2.45, 2.75) is 5.92 Å². The second kappa shape index (κ2) is 4.28. The third-order valence-electron chi connectivity index (χ3n) is 2.55. The van der Waals surface area contributed by atoms with Gasteiger partial charge >= 0.3 is 5.97 Å². The molecular formula is C12H12N2O2. The van der Waals surface area contributed by atoms with Crippen molar-refractivity contribution in [3.05, 3.63) is 42.1 Å². The van der Waals surface area contributed by atoms with Gasteiger partial charge in [-0.15, -0.1) is 0 Å². The van der Waals surface area contributed by atoms with Gasteiger partial charge in [-0.3, -0.25) is 9.78 Å². The number of aliphatic carboxylic acids is 1. The quantitative estimate of drug-likeness (QED) is 0.812. The fraction of sp³-hybridized carbons (Fsp3) is 0.167. The molecule has 0 bridgehead atoms. The SMILES string of the molecule is NCC(C(=O)O)c1cnc2ccccc2c1. The van der Waals surface area contributed by atoms with Crippen LogP contribution in [-0.4, -0.2) is 22.6 Å². The number of nitrogens with zero attached hydrogens (tertiary/aromatic N) is 1. The van der Waals surface area contributed by atoms with Gasteiger partial charge in [0, 0.05) is 18.1 Å². The molecule has 16 heavy (non-hydrogen) atoms. The molecule has 0 saturated carbocycles. The smallest absolute Gasteiger partial charge is 0.312 e. The van der Waals surface area contributed by atoms with Crippen LogP contribution in [0.4, 0.5) is 0 Å². The van der Waals surface area contributed by atoms with Crippen molar-refractivity contribution in [3.63, 3.8) is 0 Å². The monoisotopic (exact) mass is 216 g/mol. The van der Waals surface area contributed by atoms with E-state index in [4.69, 9.17) is 10.8 Å². The Morgan fingerprint density at radius 2 is 2.19 bits per heavy atom. The van der Waals surface area contributed by atoms with Crippen molar-refractivity contribution in [2.75, 3.05) is 6.54 Å². The van der Waals surface area contributed by atoms with Crippen molar-refractivity contribution in [1.29, 1.82) is 0 Å². The molecule has 1 atom stereocenters. The summed E-state index contributed by atoms with van der Waals surface area (Å²) >= 11 is 0. The molecule has 3 N–H and O–H groups in total. The summed E-state index contributed by atoms with van der Waals surface area (Å²) in [6, 6.07) is 9.41. The van der Waals surface area contributed by atoms with Crippen molar-refractivity contribution < 1.29 is 9.90 Å². The summed E-state index contributed by atoms with van der Waals surface area (Å²) in [5.74, 6) is -1.60. The third kappa shape index (κ3) is 1.87. The Labute approximate surface area is 92.7 Å². The molecule has 2 rings (SSSR count). The van der Waals surface area contributed by atoms with E-state index in [1.54, 1.807) is 6.20 Å². The van der Waals surface area contributed by atoms with Gasteiger partial charge in [0.1, 0.15) is 0 Å². The molecule has 0 spiro atoms. The molecule has 1 aromatic heterocycles. The zero-order chi connectivity index (χ0) is 11.5. The second-order valence-corrected chi connectivity index (χ2v) is 3.59. The van der Waals surface area contributed by atoms with Crippen LogP contribution in [0.5, 0.6) is 0 Å². The summed E-state index contributed by atoms with van der Waals surface area (Å²) in [6.07, 6.45) is 1.58. The predicted octanol–water partition coefficient (Wildman–Crippen LogP) is 1.36. The highest BCUT2D eigenvalue weighted by Gasteiger charge is 2.18. The van der Waals surface area contributed by atoms with E-state index < -0.39 is 11.9 Å². The summed E-state index contributed by atoms with van der Waals surface area (Å²) in [5.41, 5.74) is 6.94. The van der Waals surface area contributed by atoms with E-state index in [1.807, 2.05) is 30.3 Å². The first-order valence-corrected chi connectivity index (χ1v) is 5.00. The molecule has 82 valence electrons. The molecule has 0 aliphatic rings. The van der Waals surface area contributed by atoms with Crippen LogP contribution >= 0.6 is 0 Å². The first-order valence-electron chi connectivity index (χ1n) is 5.00. The largest absolute Gasteiger partial charge is 0.481 e. The fourth-order valence-corrected chi connectivity index (χ4v) is 1.66. The average molecular weight is 216 g/mol. The van der Waals surface area contributed by atoms with Crippen LogP contribution in [0.15, 0.2) is 36.5 Å². The molecule has 1 unspecified atom stereocenters. The standard InChI is InChI=1S/C12H12N2O2/c13-6-10(12(15)16)9-5-8-3-1-2-4-11(8)14-7-9/h1-5,7,10H,6,13H2,(H,15,16). The van der Waals surface area contributed by atoms with Crippen LogP contribution in [-0.2, 0) is 4.79 Å². The van der Waals surface area contributed by atoms with Gasteiger partial charge in [-0.2, -0.15) is 0 Å². The summed E-state index contributed by atoms with van der Waals surface area (Å²) in [6.45, 7) is 0.0787. The number of rotatable bonds is 3. The minimum Gasteiger partial charge on any atom is -0.481 e. The van der Waals surface area contributed by atoms with Crippen LogP contribution in [0.3, 0.4) is 0 Å². The molecule has 0 fully saturated rings. The highest BCUT2D eigenvalue weighted by molar-refractivity contribution is 5.82. The number of carbonyl (C=O) groups is 1. The maximum absolute atomic E-state index is 11.0. The Morgan fingerprint density at radius 1 is 1.44 bits per heavy atom. The van der Waals surface area contributed by atoms with Crippen LogP contribution in [0.1, 0.15) is 11.5 Å². The summed E-state index contributed by atoms with van der Waals surface area (Å²) in [7, 11) is 0. The predicted molar refractivity (Wildman–Crippen MR) is 61.2 cm³/mol. The van der Waals surface area contributed by atoms with E-state index in [0.717, 1.165) is 10.9 Å². The molecule has 0 aliphatic carbocycles. The Kier molecular flexibility index (Phi) is 2.83. The number of para-hydroxylation sites is 1. The number of hydrogen-bond acceptors (Lipinski definition) is 3. The maximum Gasteiger partial charge on any atom is 0.312 e. The fourth-order valence-electron chi connectivity index (χ4n) is 1.66. The topological polar surface area (TPSA) is 76.2 Å². The lowest BCUT2D eigenvalue weighted by atomic mass is 10.00. The molecule has 0 radical (unpaired) electrons. The number of nitrogens with two attached hydrogens (primary N) is 1. The van der Waals surface area contributed by atoms with Crippen molar-refractivity contribution in [3.8, 4) is 0 Å². The van der Waals surface area contributed by atoms with Gasteiger partial charge < -0.3 is 10.8 Å². The van der Waals surface area contributed by atoms with Gasteiger partial charge in [0.15, 0.2) is 0 Å². The van der Waals surface area contributed by atoms with E-state index in [2.05, 4.69) is 4.98 Å². The summed E-state index contributed by atoms with van der Waals surface area (Å²) in [5, 5.41) is 9.92. The van der Waals surface area contributed by atoms with Gasteiger partial charge in [-0.1, -0.05) is 18.2 Å². The van der Waals surface area contributed by atoms with Gasteiger partial charge in [0.05, 0.1) is 11.4 Å². The van der Waals surface area contributed by atoms with Crippen molar-refractivity contribution >= 4 is 16.9 Å². The van der Waals surface area contributed by atoms with E-state index in [-0.39, 0.29) is 6.54 Å². The summed E-state index contributed by atoms with van der Waals surface area (Å²) < 4.78 is 0. The number of hydrogen-bond donors (Lipinski definition) is 2. The Hall–Kier alpha value is -1.94. The molecule has 0 amide bonds. The van der Waals surface area contributed by atoms with Gasteiger partial charge in [-0.05, 0) is 17.7 Å². The van der Waals surface area contributed by atoms with E-state index in [1.165, 1.54) is 0 Å². The second-order valence-electron chi connectivity index (χ2n) is 3.59. The first kappa shape index (κ1) is 10.6. The first-order chi connectivity index (χ1) is 7.72. The Bertz CT molecular complexity index is 525. The highest BCUT2D eigenvalue weighted by Crippen LogP contribution is 2.19. The number of benzene rings is 1. The zero-order valence-corrected chi connectivity index (χ0v) is 8.63. The van der Waals surface area contributed by atoms with E-state index >= 15 is 0 Å². The molecular weight excluding hydrogens is 204 g/mol. The van der Waals surface area contributed by atoms with Crippen LogP contribution < -0.4 is 5.73 Å². The van der Waals surface area contributed by atoms with Crippen LogP contribution in [0, 0.1) is 0 Å². The number of aromatic nitrogens is 1.